The maximum atomic E-state index is 2.27. The van der Waals surface area contributed by atoms with E-state index in [9.17, 15) is 0 Å². The third-order valence-corrected chi connectivity index (χ3v) is 4.04. The minimum atomic E-state index is 0. The molecule has 0 amide bonds. The molecule has 88 valence electrons. The molecule has 0 saturated carbocycles. The summed E-state index contributed by atoms with van der Waals surface area (Å²) in [6.45, 7) is 4.49. The molecule has 18 heavy (non-hydrogen) atoms. The maximum absolute atomic E-state index is 2.27. The van der Waals surface area contributed by atoms with Crippen molar-refractivity contribution in [1.82, 2.24) is 0 Å². The van der Waals surface area contributed by atoms with Crippen LogP contribution < -0.4 is 0 Å². The second-order valence-electron chi connectivity index (χ2n) is 5.09. The van der Waals surface area contributed by atoms with Gasteiger partial charge in [-0.3, -0.25) is 0 Å². The van der Waals surface area contributed by atoms with E-state index in [0.29, 0.717) is 5.92 Å². The van der Waals surface area contributed by atoms with Crippen LogP contribution >= 0.6 is 0 Å². The predicted molar refractivity (Wildman–Crippen MR) is 79.7 cm³/mol. The summed E-state index contributed by atoms with van der Waals surface area (Å²) in [6.07, 6.45) is 2.51. The topological polar surface area (TPSA) is 0 Å². The van der Waals surface area contributed by atoms with Gasteiger partial charge in [0.05, 0.1) is 0 Å². The van der Waals surface area contributed by atoms with Crippen molar-refractivity contribution in [2.24, 2.45) is 0 Å². The third kappa shape index (κ3) is 2.16. The minimum absolute atomic E-state index is 0. The molecule has 2 aromatic rings. The molecular formula is C17H19Li. The molecule has 0 aliphatic heterocycles. The molecule has 0 saturated heterocycles. The monoisotopic (exact) mass is 230 g/mol. The predicted octanol–water partition coefficient (Wildman–Crippen LogP) is 3.73. The van der Waals surface area contributed by atoms with Gasteiger partial charge in [-0.2, -0.15) is 0 Å². The Hall–Kier alpha value is -0.963. The van der Waals surface area contributed by atoms with E-state index in [1.165, 1.54) is 29.5 Å². The van der Waals surface area contributed by atoms with E-state index in [4.69, 9.17) is 0 Å². The van der Waals surface area contributed by atoms with E-state index in [1.807, 2.05) is 0 Å². The molecule has 1 unspecified atom stereocenters. The van der Waals surface area contributed by atoms with Crippen LogP contribution in [-0.2, 0) is 6.42 Å². The Labute approximate surface area is 122 Å². The fourth-order valence-electron chi connectivity index (χ4n) is 3.16. The van der Waals surface area contributed by atoms with Crippen molar-refractivity contribution in [2.75, 3.05) is 0 Å². The molecule has 0 spiro atoms. The summed E-state index contributed by atoms with van der Waals surface area (Å²) in [5, 5.41) is 0. The van der Waals surface area contributed by atoms with Gasteiger partial charge >= 0.3 is 18.9 Å². The molecule has 3 rings (SSSR count). The first-order valence-corrected chi connectivity index (χ1v) is 6.41. The molecule has 1 atom stereocenters. The van der Waals surface area contributed by atoms with Gasteiger partial charge in [-0.25, -0.2) is 0 Å². The Bertz CT molecular complexity index is 543. The fraction of sp³-hybridized carbons (Fsp3) is 0.294. The first-order chi connectivity index (χ1) is 8.27. The van der Waals surface area contributed by atoms with E-state index in [1.54, 1.807) is 11.1 Å². The number of fused-ring (bicyclic) bond motifs is 1. The van der Waals surface area contributed by atoms with Crippen LogP contribution in [0.5, 0.6) is 0 Å². The molecule has 0 aromatic heterocycles. The summed E-state index contributed by atoms with van der Waals surface area (Å²) >= 11 is 0. The van der Waals surface area contributed by atoms with Crippen LogP contribution in [0.15, 0.2) is 42.5 Å². The second-order valence-corrected chi connectivity index (χ2v) is 5.09. The number of aryl methyl sites for hydroxylation is 2. The first-order valence-electron chi connectivity index (χ1n) is 6.41. The molecule has 0 N–H and O–H groups in total. The number of benzene rings is 2. The molecule has 1 aliphatic carbocycles. The summed E-state index contributed by atoms with van der Waals surface area (Å²) < 4.78 is 0. The Morgan fingerprint density at radius 1 is 0.889 bits per heavy atom. The average Bonchev–Trinajstić information content (AvgIpc) is 2.81. The van der Waals surface area contributed by atoms with E-state index in [-0.39, 0.29) is 18.9 Å². The SMILES string of the molecule is Cc1ccc(C)c2c1CCC2c1ccccc1.[LiH]. The van der Waals surface area contributed by atoms with Crippen LogP contribution in [0.2, 0.25) is 0 Å². The van der Waals surface area contributed by atoms with Gasteiger partial charge < -0.3 is 0 Å². The van der Waals surface area contributed by atoms with Crippen LogP contribution in [0.3, 0.4) is 0 Å². The van der Waals surface area contributed by atoms with Crippen LogP contribution in [0.1, 0.15) is 40.2 Å². The van der Waals surface area contributed by atoms with Gasteiger partial charge in [-0.1, -0.05) is 42.5 Å². The number of hydrogen-bond acceptors (Lipinski definition) is 0. The molecule has 1 aliphatic rings. The zero-order valence-corrected chi connectivity index (χ0v) is 10.5. The quantitative estimate of drug-likeness (QED) is 0.655. The van der Waals surface area contributed by atoms with Crippen molar-refractivity contribution in [3.05, 3.63) is 70.3 Å². The summed E-state index contributed by atoms with van der Waals surface area (Å²) in [6, 6.07) is 15.5. The van der Waals surface area contributed by atoms with Crippen LogP contribution in [0.4, 0.5) is 0 Å². The van der Waals surface area contributed by atoms with Crippen LogP contribution in [0, 0.1) is 13.8 Å². The van der Waals surface area contributed by atoms with Crippen molar-refractivity contribution in [3.8, 4) is 0 Å². The summed E-state index contributed by atoms with van der Waals surface area (Å²) in [5.41, 5.74) is 7.58. The first kappa shape index (κ1) is 13.5. The Morgan fingerprint density at radius 2 is 1.56 bits per heavy atom. The van der Waals surface area contributed by atoms with E-state index in [0.717, 1.165) is 0 Å². The normalized spacial score (nSPS) is 17.1. The van der Waals surface area contributed by atoms with Crippen molar-refractivity contribution in [2.45, 2.75) is 32.6 Å². The molecule has 0 radical (unpaired) electrons. The Morgan fingerprint density at radius 3 is 2.28 bits per heavy atom. The van der Waals surface area contributed by atoms with E-state index in [2.05, 4.69) is 56.3 Å². The average molecular weight is 230 g/mol. The molecule has 2 aromatic carbocycles. The fourth-order valence-corrected chi connectivity index (χ4v) is 3.16. The molecule has 1 heteroatoms. The molecular weight excluding hydrogens is 211 g/mol. The van der Waals surface area contributed by atoms with Crippen molar-refractivity contribution in [3.63, 3.8) is 0 Å². The number of rotatable bonds is 1. The van der Waals surface area contributed by atoms with Gasteiger partial charge in [0.1, 0.15) is 0 Å². The molecule has 0 heterocycles. The van der Waals surface area contributed by atoms with Gasteiger partial charge in [0, 0.05) is 5.92 Å². The van der Waals surface area contributed by atoms with Crippen molar-refractivity contribution in [1.29, 1.82) is 0 Å². The van der Waals surface area contributed by atoms with Gasteiger partial charge in [-0.05, 0) is 54.5 Å². The standard InChI is InChI=1S/C17H18.Li.H/c1-12-8-9-13(2)17-15(12)10-11-16(17)14-6-4-3-5-7-14;;/h3-9,16H,10-11H2,1-2H3;;. The van der Waals surface area contributed by atoms with Gasteiger partial charge in [0.2, 0.25) is 0 Å². The molecule has 0 fully saturated rings. The second kappa shape index (κ2) is 5.35. The van der Waals surface area contributed by atoms with Gasteiger partial charge in [0.25, 0.3) is 0 Å². The van der Waals surface area contributed by atoms with Crippen molar-refractivity contribution < 1.29 is 0 Å². The number of hydrogen-bond donors (Lipinski definition) is 0. The summed E-state index contributed by atoms with van der Waals surface area (Å²) in [4.78, 5) is 0. The zero-order valence-electron chi connectivity index (χ0n) is 10.5. The van der Waals surface area contributed by atoms with Crippen LogP contribution in [-0.4, -0.2) is 18.9 Å². The van der Waals surface area contributed by atoms with E-state index < -0.39 is 0 Å². The summed E-state index contributed by atoms with van der Waals surface area (Å²) in [5.74, 6) is 0.617. The molecule has 0 bridgehead atoms. The molecule has 0 nitrogen and oxygen atoms in total. The summed E-state index contributed by atoms with van der Waals surface area (Å²) in [7, 11) is 0. The zero-order chi connectivity index (χ0) is 11.8. The van der Waals surface area contributed by atoms with Gasteiger partial charge in [0.15, 0.2) is 0 Å². The van der Waals surface area contributed by atoms with Crippen LogP contribution in [0.25, 0.3) is 0 Å². The Kier molecular flexibility index (Phi) is 4.00. The van der Waals surface area contributed by atoms with E-state index >= 15 is 0 Å². The van der Waals surface area contributed by atoms with Crippen molar-refractivity contribution >= 4 is 18.9 Å². The Balaban J connectivity index is 0.00000120. The van der Waals surface area contributed by atoms with Gasteiger partial charge in [-0.15, -0.1) is 0 Å². The third-order valence-electron chi connectivity index (χ3n) is 4.04.